The van der Waals surface area contributed by atoms with E-state index in [1.54, 1.807) is 6.07 Å². The van der Waals surface area contributed by atoms with E-state index in [2.05, 4.69) is 31.9 Å². The van der Waals surface area contributed by atoms with Crippen LogP contribution in [0.4, 0.5) is 0 Å². The topological polar surface area (TPSA) is 100 Å². The van der Waals surface area contributed by atoms with Crippen LogP contribution in [0.1, 0.15) is 31.3 Å². The summed E-state index contributed by atoms with van der Waals surface area (Å²) in [6.45, 7) is 5.15. The molecule has 3 amide bonds. The minimum absolute atomic E-state index is 0.0974. The van der Waals surface area contributed by atoms with Crippen molar-refractivity contribution in [3.05, 3.63) is 22.6 Å². The molecule has 0 aliphatic heterocycles. The largest absolute Gasteiger partial charge is 0.444 e. The van der Waals surface area contributed by atoms with Crippen molar-refractivity contribution in [2.45, 2.75) is 26.3 Å². The zero-order chi connectivity index (χ0) is 16.0. The molecule has 0 saturated heterocycles. The Bertz CT molecular complexity index is 534. The molecule has 1 aromatic heterocycles. The van der Waals surface area contributed by atoms with Crippen LogP contribution in [0.15, 0.2) is 21.2 Å². The average Bonchev–Trinajstić information content (AvgIpc) is 2.78. The Morgan fingerprint density at radius 2 is 1.71 bits per heavy atom. The van der Waals surface area contributed by atoms with Gasteiger partial charge >= 0.3 is 0 Å². The molecule has 1 aromatic rings. The first kappa shape index (κ1) is 17.2. The molecule has 0 bridgehead atoms. The molecule has 0 unspecified atom stereocenters. The average molecular weight is 360 g/mol. The molecule has 0 fully saturated rings. The van der Waals surface area contributed by atoms with Gasteiger partial charge < -0.3 is 20.4 Å². The van der Waals surface area contributed by atoms with E-state index in [4.69, 9.17) is 4.42 Å². The standard InChI is InChI=1S/C13H18BrN3O4/c1-13(2,3)17-11(19)7-15-10(18)6-16-12(20)8-4-5-9(14)21-8/h4-5H,6-7H2,1-3H3,(H,15,18)(H,16,20)(H,17,19). The summed E-state index contributed by atoms with van der Waals surface area (Å²) < 4.78 is 5.47. The predicted molar refractivity (Wildman–Crippen MR) is 79.6 cm³/mol. The summed E-state index contributed by atoms with van der Waals surface area (Å²) >= 11 is 3.07. The van der Waals surface area contributed by atoms with Gasteiger partial charge in [0.25, 0.3) is 5.91 Å². The minimum atomic E-state index is -0.505. The lowest BCUT2D eigenvalue weighted by molar-refractivity contribution is -0.126. The van der Waals surface area contributed by atoms with Crippen molar-refractivity contribution >= 4 is 33.7 Å². The second-order valence-electron chi connectivity index (χ2n) is 5.36. The van der Waals surface area contributed by atoms with Crippen molar-refractivity contribution in [3.63, 3.8) is 0 Å². The summed E-state index contributed by atoms with van der Waals surface area (Å²) in [5.74, 6) is -1.16. The molecule has 0 aromatic carbocycles. The smallest absolute Gasteiger partial charge is 0.287 e. The molecule has 0 spiro atoms. The number of furan rings is 1. The first-order chi connectivity index (χ1) is 9.67. The van der Waals surface area contributed by atoms with Crippen molar-refractivity contribution < 1.29 is 18.8 Å². The van der Waals surface area contributed by atoms with Crippen LogP contribution in [0.2, 0.25) is 0 Å². The first-order valence-corrected chi connectivity index (χ1v) is 7.08. The second kappa shape index (κ2) is 7.26. The van der Waals surface area contributed by atoms with Gasteiger partial charge in [-0.05, 0) is 48.8 Å². The monoisotopic (exact) mass is 359 g/mol. The fourth-order valence-electron chi connectivity index (χ4n) is 1.39. The van der Waals surface area contributed by atoms with E-state index in [0.717, 1.165) is 0 Å². The molecule has 116 valence electrons. The lowest BCUT2D eigenvalue weighted by Crippen LogP contribution is -2.47. The van der Waals surface area contributed by atoms with Gasteiger partial charge in [0.05, 0.1) is 13.1 Å². The van der Waals surface area contributed by atoms with Crippen molar-refractivity contribution in [1.82, 2.24) is 16.0 Å². The number of halogens is 1. The van der Waals surface area contributed by atoms with E-state index in [9.17, 15) is 14.4 Å². The first-order valence-electron chi connectivity index (χ1n) is 6.28. The third kappa shape index (κ3) is 6.94. The van der Waals surface area contributed by atoms with Crippen LogP contribution < -0.4 is 16.0 Å². The van der Waals surface area contributed by atoms with Crippen LogP contribution in [0, 0.1) is 0 Å². The van der Waals surface area contributed by atoms with E-state index < -0.39 is 11.8 Å². The summed E-state index contributed by atoms with van der Waals surface area (Å²) in [6, 6.07) is 3.06. The quantitative estimate of drug-likeness (QED) is 0.723. The molecule has 0 aliphatic carbocycles. The van der Waals surface area contributed by atoms with E-state index in [1.807, 2.05) is 20.8 Å². The molecule has 0 radical (unpaired) electrons. The van der Waals surface area contributed by atoms with Crippen molar-refractivity contribution in [2.24, 2.45) is 0 Å². The Morgan fingerprint density at radius 3 is 2.24 bits per heavy atom. The molecular weight excluding hydrogens is 342 g/mol. The van der Waals surface area contributed by atoms with E-state index in [1.165, 1.54) is 6.07 Å². The Morgan fingerprint density at radius 1 is 1.10 bits per heavy atom. The highest BCUT2D eigenvalue weighted by Crippen LogP contribution is 2.13. The Balaban J connectivity index is 2.28. The highest BCUT2D eigenvalue weighted by molar-refractivity contribution is 9.10. The summed E-state index contributed by atoms with van der Waals surface area (Å²) in [5, 5.41) is 7.51. The van der Waals surface area contributed by atoms with Gasteiger partial charge in [0.2, 0.25) is 11.8 Å². The van der Waals surface area contributed by atoms with Gasteiger partial charge in [0, 0.05) is 5.54 Å². The highest BCUT2D eigenvalue weighted by Gasteiger charge is 2.15. The van der Waals surface area contributed by atoms with Gasteiger partial charge in [0.1, 0.15) is 0 Å². The molecule has 1 heterocycles. The number of rotatable bonds is 5. The lowest BCUT2D eigenvalue weighted by Gasteiger charge is -2.20. The molecule has 0 atom stereocenters. The van der Waals surface area contributed by atoms with Crippen molar-refractivity contribution in [1.29, 1.82) is 0 Å². The highest BCUT2D eigenvalue weighted by atomic mass is 79.9. The normalized spacial score (nSPS) is 10.9. The number of hydrogen-bond acceptors (Lipinski definition) is 4. The van der Waals surface area contributed by atoms with Crippen LogP contribution in [-0.2, 0) is 9.59 Å². The lowest BCUT2D eigenvalue weighted by atomic mass is 10.1. The Labute approximate surface area is 131 Å². The zero-order valence-electron chi connectivity index (χ0n) is 12.1. The number of hydrogen-bond donors (Lipinski definition) is 3. The molecule has 0 aliphatic rings. The second-order valence-corrected chi connectivity index (χ2v) is 6.14. The van der Waals surface area contributed by atoms with Crippen molar-refractivity contribution in [2.75, 3.05) is 13.1 Å². The summed E-state index contributed by atoms with van der Waals surface area (Å²) in [4.78, 5) is 34.6. The van der Waals surface area contributed by atoms with E-state index in [0.29, 0.717) is 4.67 Å². The van der Waals surface area contributed by atoms with Gasteiger partial charge in [-0.15, -0.1) is 0 Å². The molecule has 8 heteroatoms. The van der Waals surface area contributed by atoms with Gasteiger partial charge in [0.15, 0.2) is 10.4 Å². The fourth-order valence-corrected chi connectivity index (χ4v) is 1.69. The van der Waals surface area contributed by atoms with Gasteiger partial charge in [-0.25, -0.2) is 0 Å². The number of carbonyl (C=O) groups is 3. The SMILES string of the molecule is CC(C)(C)NC(=O)CNC(=O)CNC(=O)c1ccc(Br)o1. The number of nitrogens with one attached hydrogen (secondary N) is 3. The van der Waals surface area contributed by atoms with Crippen LogP contribution in [0.3, 0.4) is 0 Å². The third-order valence-electron chi connectivity index (χ3n) is 2.17. The molecular formula is C13H18BrN3O4. The summed E-state index contributed by atoms with van der Waals surface area (Å²) in [5.41, 5.74) is -0.358. The van der Waals surface area contributed by atoms with Gasteiger partial charge in [-0.3, -0.25) is 14.4 Å². The maximum Gasteiger partial charge on any atom is 0.287 e. The minimum Gasteiger partial charge on any atom is -0.444 e. The maximum absolute atomic E-state index is 11.6. The molecule has 3 N–H and O–H groups in total. The molecule has 0 saturated carbocycles. The van der Waals surface area contributed by atoms with Gasteiger partial charge in [-0.2, -0.15) is 0 Å². The Hall–Kier alpha value is -1.83. The van der Waals surface area contributed by atoms with E-state index in [-0.39, 0.29) is 30.3 Å². The predicted octanol–water partition coefficient (Wildman–Crippen LogP) is 0.803. The van der Waals surface area contributed by atoms with Crippen molar-refractivity contribution in [3.8, 4) is 0 Å². The van der Waals surface area contributed by atoms with Gasteiger partial charge in [-0.1, -0.05) is 0 Å². The zero-order valence-corrected chi connectivity index (χ0v) is 13.7. The molecule has 1 rings (SSSR count). The summed E-state index contributed by atoms with van der Waals surface area (Å²) in [6.07, 6.45) is 0. The van der Waals surface area contributed by atoms with Crippen LogP contribution in [-0.4, -0.2) is 36.3 Å². The van der Waals surface area contributed by atoms with Crippen LogP contribution in [0.25, 0.3) is 0 Å². The van der Waals surface area contributed by atoms with Crippen LogP contribution >= 0.6 is 15.9 Å². The maximum atomic E-state index is 11.6. The fraction of sp³-hybridized carbons (Fsp3) is 0.462. The molecule has 7 nitrogen and oxygen atoms in total. The molecule has 21 heavy (non-hydrogen) atoms. The van der Waals surface area contributed by atoms with Crippen LogP contribution in [0.5, 0.6) is 0 Å². The number of amides is 3. The van der Waals surface area contributed by atoms with E-state index >= 15 is 0 Å². The Kier molecular flexibility index (Phi) is 5.95. The summed E-state index contributed by atoms with van der Waals surface area (Å²) in [7, 11) is 0. The third-order valence-corrected chi connectivity index (χ3v) is 2.59. The number of carbonyl (C=O) groups excluding carboxylic acids is 3.